The molecular formula is H6Sn3Ti2. The van der Waals surface area contributed by atoms with Gasteiger partial charge in [0.1, 0.15) is 0 Å². The SMILES string of the molecule is [SnH2].[SnH2].[SnH2].[Ti].[Ti]. The Balaban J connectivity index is 0. The van der Waals surface area contributed by atoms with E-state index in [4.69, 9.17) is 0 Å². The fourth-order valence-corrected chi connectivity index (χ4v) is 0. The molecule has 26 valence electrons. The summed E-state index contributed by atoms with van der Waals surface area (Å²) < 4.78 is 0. The molecule has 0 unspecified atom stereocenters. The Morgan fingerprint density at radius 1 is 0.400 bits per heavy atom. The Hall–Kier alpha value is 3.82. The van der Waals surface area contributed by atoms with Crippen molar-refractivity contribution in [2.24, 2.45) is 0 Å². The molecule has 5 heavy (non-hydrogen) atoms. The maximum Gasteiger partial charge on any atom is 0 e. The third kappa shape index (κ3) is 18.1. The molecule has 0 rings (SSSR count). The fourth-order valence-electron chi connectivity index (χ4n) is 0. The van der Waals surface area contributed by atoms with Gasteiger partial charge in [0.2, 0.25) is 0 Å². The average molecular weight is 458 g/mol. The normalized spacial score (nSPS) is 0. The van der Waals surface area contributed by atoms with E-state index in [2.05, 4.69) is 0 Å². The Bertz CT molecular complexity index is 4.85. The van der Waals surface area contributed by atoms with E-state index in [9.17, 15) is 0 Å². The first-order valence-corrected chi connectivity index (χ1v) is 0. The van der Waals surface area contributed by atoms with Crippen LogP contribution in [-0.4, -0.2) is 71.7 Å². The van der Waals surface area contributed by atoms with Crippen molar-refractivity contribution in [2.75, 3.05) is 0 Å². The molecule has 0 spiro atoms. The van der Waals surface area contributed by atoms with Crippen LogP contribution in [-0.2, 0) is 43.4 Å². The third-order valence-corrected chi connectivity index (χ3v) is 0. The van der Waals surface area contributed by atoms with E-state index in [1.54, 1.807) is 0 Å². The average Bonchev–Trinajstić information content (AvgIpc) is 0. The predicted molar refractivity (Wildman–Crippen MR) is 25.6 cm³/mol. The van der Waals surface area contributed by atoms with E-state index < -0.39 is 0 Å². The third-order valence-electron chi connectivity index (χ3n) is 0. The Morgan fingerprint density at radius 3 is 0.400 bits per heavy atom. The minimum Gasteiger partial charge on any atom is 0 e. The molecule has 0 N–H and O–H groups in total. The summed E-state index contributed by atoms with van der Waals surface area (Å²) in [6, 6.07) is 0. The van der Waals surface area contributed by atoms with Gasteiger partial charge in [0.15, 0.2) is 0 Å². The van der Waals surface area contributed by atoms with Gasteiger partial charge in [-0.05, 0) is 0 Å². The van der Waals surface area contributed by atoms with Gasteiger partial charge in [-0.15, -0.1) is 0 Å². The zero-order valence-corrected chi connectivity index (χ0v) is 18.4. The molecular weight excluding hydrogens is 452 g/mol. The van der Waals surface area contributed by atoms with E-state index >= 15 is 0 Å². The minimum absolute atomic E-state index is 0. The Morgan fingerprint density at radius 2 is 0.400 bits per heavy atom. The second-order valence-electron chi connectivity index (χ2n) is 0. The Labute approximate surface area is 113 Å². The van der Waals surface area contributed by atoms with Gasteiger partial charge in [-0.2, -0.15) is 0 Å². The summed E-state index contributed by atoms with van der Waals surface area (Å²) in [5.74, 6) is 0. The molecule has 0 aromatic rings. The van der Waals surface area contributed by atoms with Gasteiger partial charge in [0, 0.05) is 43.4 Å². The van der Waals surface area contributed by atoms with Crippen LogP contribution < -0.4 is 0 Å². The fraction of sp³-hybridized carbons (Fsp3) is 0. The van der Waals surface area contributed by atoms with Crippen LogP contribution in [0.4, 0.5) is 0 Å². The topological polar surface area (TPSA) is 0 Å². The number of rotatable bonds is 0. The molecule has 0 atom stereocenters. The maximum atomic E-state index is 0. The van der Waals surface area contributed by atoms with Crippen LogP contribution in [0, 0.1) is 0 Å². The molecule has 0 aromatic carbocycles. The van der Waals surface area contributed by atoms with Gasteiger partial charge in [-0.3, -0.25) is 0 Å². The van der Waals surface area contributed by atoms with Crippen molar-refractivity contribution in [3.05, 3.63) is 0 Å². The Kier molecular flexibility index (Phi) is 184. The standard InChI is InChI=1S/3Sn.2Ti.6H. The molecule has 0 aromatic heterocycles. The van der Waals surface area contributed by atoms with Crippen LogP contribution in [0.3, 0.4) is 0 Å². The van der Waals surface area contributed by atoms with Crippen molar-refractivity contribution in [1.29, 1.82) is 0 Å². The van der Waals surface area contributed by atoms with Crippen molar-refractivity contribution >= 4 is 71.7 Å². The van der Waals surface area contributed by atoms with Crippen LogP contribution in [0.25, 0.3) is 0 Å². The van der Waals surface area contributed by atoms with Crippen molar-refractivity contribution in [1.82, 2.24) is 0 Å². The van der Waals surface area contributed by atoms with Crippen molar-refractivity contribution in [3.63, 3.8) is 0 Å². The van der Waals surface area contributed by atoms with Crippen LogP contribution in [0.5, 0.6) is 0 Å². The first kappa shape index (κ1) is 36.9. The predicted octanol–water partition coefficient (Wildman–Crippen LogP) is -2.75. The summed E-state index contributed by atoms with van der Waals surface area (Å²) >= 11 is 0. The molecule has 0 amide bonds. The van der Waals surface area contributed by atoms with Crippen LogP contribution in [0.1, 0.15) is 0 Å². The molecule has 6 radical (unpaired) electrons. The van der Waals surface area contributed by atoms with Crippen molar-refractivity contribution < 1.29 is 43.4 Å². The van der Waals surface area contributed by atoms with Crippen LogP contribution >= 0.6 is 0 Å². The summed E-state index contributed by atoms with van der Waals surface area (Å²) in [5, 5.41) is 0. The van der Waals surface area contributed by atoms with Gasteiger partial charge in [-0.25, -0.2) is 0 Å². The molecule has 0 fully saturated rings. The van der Waals surface area contributed by atoms with Gasteiger partial charge >= 0.3 is 71.7 Å². The van der Waals surface area contributed by atoms with Gasteiger partial charge in [0.25, 0.3) is 0 Å². The molecule has 0 saturated carbocycles. The van der Waals surface area contributed by atoms with E-state index in [1.807, 2.05) is 0 Å². The minimum atomic E-state index is 0. The first-order chi connectivity index (χ1) is 0. The van der Waals surface area contributed by atoms with Crippen LogP contribution in [0.2, 0.25) is 0 Å². The molecule has 0 bridgehead atoms. The summed E-state index contributed by atoms with van der Waals surface area (Å²) in [6.45, 7) is 0. The van der Waals surface area contributed by atoms with Gasteiger partial charge in [0.05, 0.1) is 0 Å². The zero-order chi connectivity index (χ0) is 0. The molecule has 0 saturated heterocycles. The van der Waals surface area contributed by atoms with E-state index in [0.717, 1.165) is 0 Å². The molecule has 5 heteroatoms. The summed E-state index contributed by atoms with van der Waals surface area (Å²) in [7, 11) is 0. The summed E-state index contributed by atoms with van der Waals surface area (Å²) in [4.78, 5) is 0. The second-order valence-corrected chi connectivity index (χ2v) is 0. The number of hydrogen-bond donors (Lipinski definition) is 0. The van der Waals surface area contributed by atoms with Crippen molar-refractivity contribution in [3.8, 4) is 0 Å². The molecule has 0 aliphatic carbocycles. The molecule has 0 aliphatic rings. The first-order valence-electron chi connectivity index (χ1n) is 0. The maximum absolute atomic E-state index is 0. The second kappa shape index (κ2) is 24.9. The zero-order valence-electron chi connectivity index (χ0n) is 3.12. The largest absolute Gasteiger partial charge is 0 e. The smallest absolute Gasteiger partial charge is 0 e. The van der Waals surface area contributed by atoms with E-state index in [1.165, 1.54) is 0 Å². The van der Waals surface area contributed by atoms with E-state index in [-0.39, 0.29) is 115 Å². The number of hydrogen-bond acceptors (Lipinski definition) is 0. The quantitative estimate of drug-likeness (QED) is 0.346. The van der Waals surface area contributed by atoms with Gasteiger partial charge < -0.3 is 0 Å². The van der Waals surface area contributed by atoms with Gasteiger partial charge in [-0.1, -0.05) is 0 Å². The van der Waals surface area contributed by atoms with E-state index in [0.29, 0.717) is 0 Å². The monoisotopic (exact) mass is 462 g/mol. The summed E-state index contributed by atoms with van der Waals surface area (Å²) in [5.41, 5.74) is 0. The molecule has 0 heterocycles. The molecule has 0 nitrogen and oxygen atoms in total. The molecule has 0 aliphatic heterocycles. The van der Waals surface area contributed by atoms with Crippen LogP contribution in [0.15, 0.2) is 0 Å². The summed E-state index contributed by atoms with van der Waals surface area (Å²) in [6.07, 6.45) is 0. The van der Waals surface area contributed by atoms with Crippen molar-refractivity contribution in [2.45, 2.75) is 0 Å².